The van der Waals surface area contributed by atoms with Crippen LogP contribution in [0.1, 0.15) is 0 Å². The van der Waals surface area contributed by atoms with E-state index in [4.69, 9.17) is 9.47 Å². The van der Waals surface area contributed by atoms with E-state index < -0.39 is 10.8 Å². The number of fused-ring (bicyclic) bond motifs is 1. The van der Waals surface area contributed by atoms with Crippen LogP contribution in [0.15, 0.2) is 53.3 Å². The molecule has 0 bridgehead atoms. The summed E-state index contributed by atoms with van der Waals surface area (Å²) in [6.07, 6.45) is 0. The van der Waals surface area contributed by atoms with Gasteiger partial charge in [-0.05, 0) is 18.2 Å². The van der Waals surface area contributed by atoms with Crippen molar-refractivity contribution in [3.8, 4) is 11.5 Å². The van der Waals surface area contributed by atoms with E-state index in [0.29, 0.717) is 10.9 Å². The quantitative estimate of drug-likeness (QED) is 0.517. The van der Waals surface area contributed by atoms with Crippen LogP contribution in [0.4, 0.5) is 11.4 Å². The number of para-hydroxylation sites is 1. The van der Waals surface area contributed by atoms with Crippen LogP contribution in [0.25, 0.3) is 10.9 Å². The first kappa shape index (κ1) is 18.9. The number of rotatable bonds is 6. The first-order chi connectivity index (χ1) is 13.4. The fraction of sp³-hybridized carbons (Fsp3) is 0.158. The number of ether oxygens (including phenoxy) is 2. The van der Waals surface area contributed by atoms with E-state index >= 15 is 0 Å². The second-order valence-corrected chi connectivity index (χ2v) is 5.90. The van der Waals surface area contributed by atoms with Crippen molar-refractivity contribution < 1.29 is 19.2 Å². The molecule has 1 heterocycles. The molecule has 0 spiro atoms. The molecule has 0 aliphatic rings. The van der Waals surface area contributed by atoms with Gasteiger partial charge in [-0.25, -0.2) is 0 Å². The summed E-state index contributed by atoms with van der Waals surface area (Å²) in [4.78, 5) is 34.7. The molecule has 9 heteroatoms. The second-order valence-electron chi connectivity index (χ2n) is 5.90. The molecule has 3 aromatic rings. The van der Waals surface area contributed by atoms with Crippen molar-refractivity contribution in [3.05, 3.63) is 69.0 Å². The number of hydrogen-bond donors (Lipinski definition) is 1. The van der Waals surface area contributed by atoms with E-state index in [1.807, 2.05) is 0 Å². The summed E-state index contributed by atoms with van der Waals surface area (Å²) in [5.74, 6) is 0.00129. The molecular weight excluding hydrogens is 366 g/mol. The predicted molar refractivity (Wildman–Crippen MR) is 103 cm³/mol. The zero-order valence-corrected chi connectivity index (χ0v) is 15.2. The molecule has 2 aromatic carbocycles. The number of nitrogens with one attached hydrogen (secondary N) is 1. The Hall–Kier alpha value is -3.88. The maximum Gasteiger partial charge on any atom is 0.271 e. The van der Waals surface area contributed by atoms with Crippen LogP contribution in [-0.4, -0.2) is 29.1 Å². The Morgan fingerprint density at radius 3 is 2.64 bits per heavy atom. The van der Waals surface area contributed by atoms with Crippen molar-refractivity contribution in [2.75, 3.05) is 19.0 Å². The zero-order valence-electron chi connectivity index (χ0n) is 15.2. The molecule has 0 fully saturated rings. The number of carbonyl (C=O) groups is 1. The summed E-state index contributed by atoms with van der Waals surface area (Å²) in [7, 11) is 3.04. The van der Waals surface area contributed by atoms with Crippen LogP contribution in [0, 0.1) is 10.1 Å². The SMILES string of the molecule is COc1ccc([N+](=O)[O-])cc1NC(=O)COc1cc(=O)n(C)c2ccccc12. The highest BCUT2D eigenvalue weighted by atomic mass is 16.6. The Kier molecular flexibility index (Phi) is 5.25. The summed E-state index contributed by atoms with van der Waals surface area (Å²) in [5, 5.41) is 14.1. The molecule has 0 saturated carbocycles. The number of anilines is 1. The lowest BCUT2D eigenvalue weighted by molar-refractivity contribution is -0.384. The first-order valence-corrected chi connectivity index (χ1v) is 8.24. The number of benzene rings is 2. The molecule has 0 atom stereocenters. The lowest BCUT2D eigenvalue weighted by atomic mass is 10.2. The molecule has 3 rings (SSSR count). The highest BCUT2D eigenvalue weighted by Gasteiger charge is 2.15. The van der Waals surface area contributed by atoms with Gasteiger partial charge in [0.2, 0.25) is 0 Å². The monoisotopic (exact) mass is 383 g/mol. The number of nitro benzene ring substituents is 1. The fourth-order valence-corrected chi connectivity index (χ4v) is 2.74. The molecule has 9 nitrogen and oxygen atoms in total. The van der Waals surface area contributed by atoms with Gasteiger partial charge in [-0.2, -0.15) is 0 Å². The summed E-state index contributed by atoms with van der Waals surface area (Å²) >= 11 is 0. The Balaban J connectivity index is 1.80. The Labute approximate surface area is 159 Å². The normalized spacial score (nSPS) is 10.5. The topological polar surface area (TPSA) is 113 Å². The van der Waals surface area contributed by atoms with Crippen LogP contribution in [0.3, 0.4) is 0 Å². The molecule has 0 radical (unpaired) electrons. The van der Waals surface area contributed by atoms with Gasteiger partial charge in [-0.1, -0.05) is 12.1 Å². The van der Waals surface area contributed by atoms with Gasteiger partial charge in [-0.15, -0.1) is 0 Å². The molecule has 0 unspecified atom stereocenters. The van der Waals surface area contributed by atoms with Gasteiger partial charge in [0, 0.05) is 30.6 Å². The minimum absolute atomic E-state index is 0.152. The summed E-state index contributed by atoms with van der Waals surface area (Å²) in [6.45, 7) is -0.386. The fourth-order valence-electron chi connectivity index (χ4n) is 2.74. The third-order valence-electron chi connectivity index (χ3n) is 4.14. The molecule has 1 amide bonds. The van der Waals surface area contributed by atoms with Crippen molar-refractivity contribution in [3.63, 3.8) is 0 Å². The molecular formula is C19H17N3O6. The zero-order chi connectivity index (χ0) is 20.3. The van der Waals surface area contributed by atoms with Gasteiger partial charge in [0.1, 0.15) is 11.5 Å². The van der Waals surface area contributed by atoms with E-state index in [0.717, 1.165) is 0 Å². The lowest BCUT2D eigenvalue weighted by Gasteiger charge is -2.13. The van der Waals surface area contributed by atoms with Crippen molar-refractivity contribution >= 4 is 28.2 Å². The smallest absolute Gasteiger partial charge is 0.271 e. The third kappa shape index (κ3) is 3.78. The van der Waals surface area contributed by atoms with Crippen LogP contribution in [-0.2, 0) is 11.8 Å². The first-order valence-electron chi connectivity index (χ1n) is 8.24. The minimum Gasteiger partial charge on any atom is -0.495 e. The highest BCUT2D eigenvalue weighted by molar-refractivity contribution is 5.94. The maximum absolute atomic E-state index is 12.3. The third-order valence-corrected chi connectivity index (χ3v) is 4.14. The Bertz CT molecular complexity index is 1120. The highest BCUT2D eigenvalue weighted by Crippen LogP contribution is 2.29. The average molecular weight is 383 g/mol. The van der Waals surface area contributed by atoms with Gasteiger partial charge in [0.05, 0.1) is 23.2 Å². The molecule has 0 aliphatic heterocycles. The number of nitro groups is 1. The number of methoxy groups -OCH3 is 1. The number of carbonyl (C=O) groups excluding carboxylic acids is 1. The number of amides is 1. The Morgan fingerprint density at radius 2 is 1.93 bits per heavy atom. The van der Waals surface area contributed by atoms with Crippen LogP contribution in [0.5, 0.6) is 11.5 Å². The van der Waals surface area contributed by atoms with Crippen molar-refractivity contribution in [2.24, 2.45) is 7.05 Å². The molecule has 0 aliphatic carbocycles. The Morgan fingerprint density at radius 1 is 1.18 bits per heavy atom. The number of hydrogen-bond acceptors (Lipinski definition) is 6. The standard InChI is InChI=1S/C19H17N3O6/c1-21-15-6-4-3-5-13(15)17(10-19(21)24)28-11-18(23)20-14-9-12(22(25)26)7-8-16(14)27-2/h3-10H,11H2,1-2H3,(H,20,23). The molecule has 0 saturated heterocycles. The van der Waals surface area contributed by atoms with E-state index in [1.54, 1.807) is 31.3 Å². The van der Waals surface area contributed by atoms with Crippen molar-refractivity contribution in [1.82, 2.24) is 4.57 Å². The minimum atomic E-state index is -0.572. The number of non-ortho nitro benzene ring substituents is 1. The van der Waals surface area contributed by atoms with Crippen LogP contribution in [0.2, 0.25) is 0 Å². The summed E-state index contributed by atoms with van der Waals surface area (Å²) < 4.78 is 12.1. The molecule has 144 valence electrons. The van der Waals surface area contributed by atoms with Crippen LogP contribution < -0.4 is 20.3 Å². The molecule has 1 aromatic heterocycles. The average Bonchev–Trinajstić information content (AvgIpc) is 2.69. The number of nitrogens with zero attached hydrogens (tertiary/aromatic N) is 2. The maximum atomic E-state index is 12.3. The largest absolute Gasteiger partial charge is 0.495 e. The molecule has 1 N–H and O–H groups in total. The van der Waals surface area contributed by atoms with Gasteiger partial charge in [0.15, 0.2) is 6.61 Å². The number of aryl methyl sites for hydroxylation is 1. The van der Waals surface area contributed by atoms with Crippen LogP contribution >= 0.6 is 0 Å². The van der Waals surface area contributed by atoms with E-state index in [-0.39, 0.29) is 35.0 Å². The van der Waals surface area contributed by atoms with Gasteiger partial charge < -0.3 is 19.4 Å². The van der Waals surface area contributed by atoms with Gasteiger partial charge in [0.25, 0.3) is 17.2 Å². The van der Waals surface area contributed by atoms with E-state index in [9.17, 15) is 19.7 Å². The number of pyridine rings is 1. The predicted octanol–water partition coefficient (Wildman–Crippen LogP) is 2.47. The van der Waals surface area contributed by atoms with Gasteiger partial charge >= 0.3 is 0 Å². The number of aromatic nitrogens is 1. The summed E-state index contributed by atoms with van der Waals surface area (Å²) in [5.41, 5.74) is 0.369. The van der Waals surface area contributed by atoms with E-state index in [1.165, 1.54) is 35.9 Å². The van der Waals surface area contributed by atoms with Crippen molar-refractivity contribution in [1.29, 1.82) is 0 Å². The van der Waals surface area contributed by atoms with Crippen molar-refractivity contribution in [2.45, 2.75) is 0 Å². The summed E-state index contributed by atoms with van der Waals surface area (Å²) in [6, 6.07) is 12.3. The molecule has 28 heavy (non-hydrogen) atoms. The van der Waals surface area contributed by atoms with E-state index in [2.05, 4.69) is 5.32 Å². The second kappa shape index (κ2) is 7.78. The lowest BCUT2D eigenvalue weighted by Crippen LogP contribution is -2.22. The van der Waals surface area contributed by atoms with Gasteiger partial charge in [-0.3, -0.25) is 19.7 Å².